The lowest BCUT2D eigenvalue weighted by Gasteiger charge is -2.36. The van der Waals surface area contributed by atoms with Crippen molar-refractivity contribution < 1.29 is 18.0 Å². The monoisotopic (exact) mass is 273 g/mol. The maximum atomic E-state index is 12.4. The van der Waals surface area contributed by atoms with E-state index in [1.165, 1.54) is 0 Å². The molecular formula is C8H16Cl2N2O2P+. The smallest absolute Gasteiger partial charge is 0.384 e. The Kier molecular flexibility index (Phi) is 3.13. The zero-order valence-electron chi connectivity index (χ0n) is 8.57. The minimum atomic E-state index is -3.45. The van der Waals surface area contributed by atoms with Crippen LogP contribution in [-0.4, -0.2) is 59.5 Å². The first kappa shape index (κ1) is 12.2. The minimum absolute atomic E-state index is 0.216. The summed E-state index contributed by atoms with van der Waals surface area (Å²) in [6.45, 7) is 4.02. The first-order valence-electron chi connectivity index (χ1n) is 5.20. The van der Waals surface area contributed by atoms with E-state index in [2.05, 4.69) is 0 Å². The van der Waals surface area contributed by atoms with Gasteiger partial charge < -0.3 is 4.89 Å². The molecule has 0 spiro atoms. The van der Waals surface area contributed by atoms with Crippen LogP contribution in [0.5, 0.6) is 0 Å². The third-order valence-corrected chi connectivity index (χ3v) is 7.24. The number of halogens is 2. The predicted molar refractivity (Wildman–Crippen MR) is 58.8 cm³/mol. The highest BCUT2D eigenvalue weighted by Crippen LogP contribution is 2.65. The molecule has 0 amide bonds. The van der Waals surface area contributed by atoms with Crippen LogP contribution in [0.15, 0.2) is 0 Å². The molecule has 2 fully saturated rings. The van der Waals surface area contributed by atoms with Gasteiger partial charge >= 0.3 is 7.67 Å². The fourth-order valence-electron chi connectivity index (χ4n) is 2.15. The summed E-state index contributed by atoms with van der Waals surface area (Å²) in [5.41, 5.74) is 0. The van der Waals surface area contributed by atoms with Crippen molar-refractivity contribution in [3.63, 3.8) is 0 Å². The molecule has 88 valence electrons. The van der Waals surface area contributed by atoms with Crippen LogP contribution in [0.4, 0.5) is 0 Å². The fourth-order valence-corrected chi connectivity index (χ4v) is 5.74. The highest BCUT2D eigenvalue weighted by Gasteiger charge is 2.67. The molecule has 0 aromatic carbocycles. The molecule has 0 aromatic heterocycles. The number of hydrogen-bond donors (Lipinski definition) is 0. The topological polar surface area (TPSA) is 40.1 Å². The van der Waals surface area contributed by atoms with Crippen LogP contribution in [0.3, 0.4) is 0 Å². The summed E-state index contributed by atoms with van der Waals surface area (Å²) in [5, 5.41) is 0. The van der Waals surface area contributed by atoms with Crippen molar-refractivity contribution in [3.8, 4) is 0 Å². The van der Waals surface area contributed by atoms with E-state index < -0.39 is 7.67 Å². The lowest BCUT2D eigenvalue weighted by molar-refractivity contribution is -0.808. The molecule has 0 bridgehead atoms. The van der Waals surface area contributed by atoms with Crippen molar-refractivity contribution in [2.45, 2.75) is 0 Å². The highest BCUT2D eigenvalue weighted by atomic mass is 35.5. The van der Waals surface area contributed by atoms with E-state index in [1.54, 1.807) is 0 Å². The molecule has 4 nitrogen and oxygen atoms in total. The average Bonchev–Trinajstić information content (AvgIpc) is 2.99. The SMILES string of the molecule is O=P([O-])([N+]1(CCCl)CC1)[N+]1(CCCl)CC1. The van der Waals surface area contributed by atoms with Gasteiger partial charge in [0.05, 0.1) is 24.8 Å². The number of quaternary nitrogens is 2. The first-order chi connectivity index (χ1) is 7.04. The summed E-state index contributed by atoms with van der Waals surface area (Å²) in [6.07, 6.45) is 0. The van der Waals surface area contributed by atoms with Crippen molar-refractivity contribution in [1.29, 1.82) is 0 Å². The largest absolute Gasteiger partial charge is 0.703 e. The fraction of sp³-hybridized carbons (Fsp3) is 1.00. The van der Waals surface area contributed by atoms with Gasteiger partial charge in [0, 0.05) is 0 Å². The third kappa shape index (κ3) is 1.76. The lowest BCUT2D eigenvalue weighted by atomic mass is 10.8. The molecule has 2 saturated heterocycles. The van der Waals surface area contributed by atoms with Crippen LogP contribution in [-0.2, 0) is 4.57 Å². The van der Waals surface area contributed by atoms with E-state index >= 15 is 0 Å². The molecule has 0 N–H and O–H groups in total. The van der Waals surface area contributed by atoms with Gasteiger partial charge in [0.15, 0.2) is 0 Å². The van der Waals surface area contributed by atoms with E-state index in [1.807, 2.05) is 0 Å². The molecule has 7 heteroatoms. The van der Waals surface area contributed by atoms with Crippen LogP contribution in [0, 0.1) is 0 Å². The second-order valence-electron chi connectivity index (χ2n) is 4.40. The number of rotatable bonds is 6. The van der Waals surface area contributed by atoms with Gasteiger partial charge in [0.25, 0.3) is 0 Å². The molecule has 0 unspecified atom stereocenters. The van der Waals surface area contributed by atoms with Crippen LogP contribution in [0.25, 0.3) is 0 Å². The summed E-state index contributed by atoms with van der Waals surface area (Å²) >= 11 is 11.3. The molecule has 0 atom stereocenters. The van der Waals surface area contributed by atoms with Crippen LogP contribution < -0.4 is 4.89 Å². The zero-order chi connectivity index (χ0) is 11.2. The van der Waals surface area contributed by atoms with E-state index in [-0.39, 0.29) is 8.51 Å². The standard InChI is InChI=1S/C8H16Cl2N2O2P/c9-1-3-11(5-6-11)15(13,14)12(4-2-10)7-8-12/h1-8H2/q+1. The molecule has 2 rings (SSSR count). The van der Waals surface area contributed by atoms with Gasteiger partial charge in [0.2, 0.25) is 0 Å². The van der Waals surface area contributed by atoms with Crippen molar-refractivity contribution >= 4 is 30.9 Å². The van der Waals surface area contributed by atoms with Crippen molar-refractivity contribution in [2.24, 2.45) is 0 Å². The molecule has 15 heavy (non-hydrogen) atoms. The Labute approximate surface area is 100 Å². The Bertz CT molecular complexity index is 279. The summed E-state index contributed by atoms with van der Waals surface area (Å²) in [6, 6.07) is 0. The van der Waals surface area contributed by atoms with Gasteiger partial charge in [0.1, 0.15) is 26.2 Å². The van der Waals surface area contributed by atoms with Crippen LogP contribution in [0.1, 0.15) is 0 Å². The Morgan fingerprint density at radius 2 is 1.33 bits per heavy atom. The van der Waals surface area contributed by atoms with Gasteiger partial charge in [-0.25, -0.2) is 13.1 Å². The van der Waals surface area contributed by atoms with Crippen LogP contribution >= 0.6 is 30.9 Å². The summed E-state index contributed by atoms with van der Waals surface area (Å²) in [7, 11) is -3.45. The molecule has 2 aliphatic heterocycles. The molecule has 0 radical (unpaired) electrons. The number of hydrogen-bond acceptors (Lipinski definition) is 2. The average molecular weight is 274 g/mol. The molecular weight excluding hydrogens is 258 g/mol. The Morgan fingerprint density at radius 3 is 1.53 bits per heavy atom. The Hall–Kier alpha value is 0.690. The predicted octanol–water partition coefficient (Wildman–Crippen LogP) is 0.593. The maximum Gasteiger partial charge on any atom is 0.384 e. The Balaban J connectivity index is 2.16. The van der Waals surface area contributed by atoms with Gasteiger partial charge in [-0.2, -0.15) is 0 Å². The van der Waals surface area contributed by atoms with Gasteiger partial charge in [-0.05, 0) is 0 Å². The quantitative estimate of drug-likeness (QED) is 0.404. The van der Waals surface area contributed by atoms with Crippen molar-refractivity contribution in [2.75, 3.05) is 51.0 Å². The Morgan fingerprint density at radius 1 is 1.00 bits per heavy atom. The third-order valence-electron chi connectivity index (χ3n) is 3.55. The highest BCUT2D eigenvalue weighted by molar-refractivity contribution is 7.44. The molecule has 2 aliphatic rings. The van der Waals surface area contributed by atoms with E-state index in [4.69, 9.17) is 23.2 Å². The normalized spacial score (nSPS) is 26.3. The van der Waals surface area contributed by atoms with E-state index in [0.29, 0.717) is 24.8 Å². The van der Waals surface area contributed by atoms with Crippen LogP contribution in [0.2, 0.25) is 0 Å². The molecule has 0 aromatic rings. The molecule has 2 heterocycles. The minimum Gasteiger partial charge on any atom is -0.703 e. The molecule has 0 aliphatic carbocycles. The number of nitrogens with zero attached hydrogens (tertiary/aromatic N) is 2. The first-order valence-corrected chi connectivity index (χ1v) is 7.80. The summed E-state index contributed by atoms with van der Waals surface area (Å²) in [4.78, 5) is 12.4. The van der Waals surface area contributed by atoms with E-state index in [9.17, 15) is 9.46 Å². The summed E-state index contributed by atoms with van der Waals surface area (Å²) in [5.74, 6) is 0.820. The summed E-state index contributed by atoms with van der Waals surface area (Å²) < 4.78 is 12.9. The lowest BCUT2D eigenvalue weighted by Crippen LogP contribution is -2.43. The second-order valence-corrected chi connectivity index (χ2v) is 7.83. The second kappa shape index (κ2) is 3.86. The number of alkyl halides is 2. The van der Waals surface area contributed by atoms with Crippen molar-refractivity contribution in [3.05, 3.63) is 0 Å². The van der Waals surface area contributed by atoms with Gasteiger partial charge in [-0.3, -0.25) is 0 Å². The van der Waals surface area contributed by atoms with Crippen molar-refractivity contribution in [1.82, 2.24) is 0 Å². The van der Waals surface area contributed by atoms with Gasteiger partial charge in [-0.15, -0.1) is 23.2 Å². The molecule has 0 saturated carbocycles. The van der Waals surface area contributed by atoms with E-state index in [0.717, 1.165) is 26.2 Å². The van der Waals surface area contributed by atoms with Gasteiger partial charge in [-0.1, -0.05) is 0 Å². The maximum absolute atomic E-state index is 12.4. The zero-order valence-corrected chi connectivity index (χ0v) is 11.0.